The van der Waals surface area contributed by atoms with Crippen molar-refractivity contribution in [2.45, 2.75) is 32.0 Å². The van der Waals surface area contributed by atoms with Crippen molar-refractivity contribution in [1.29, 1.82) is 0 Å². The SMILES string of the molecule is CO[C@@H]1C[C@H](c2nc(C)no2)N(Cc2coc3ccccc23)C1. The molecule has 23 heavy (non-hydrogen) atoms. The van der Waals surface area contributed by atoms with Crippen LogP contribution in [0.2, 0.25) is 0 Å². The minimum Gasteiger partial charge on any atom is -0.464 e. The van der Waals surface area contributed by atoms with Crippen LogP contribution >= 0.6 is 0 Å². The quantitative estimate of drug-likeness (QED) is 0.737. The predicted octanol–water partition coefficient (Wildman–Crippen LogP) is 3.09. The van der Waals surface area contributed by atoms with Crippen molar-refractivity contribution in [3.8, 4) is 0 Å². The number of hydrogen-bond donors (Lipinski definition) is 0. The summed E-state index contributed by atoms with van der Waals surface area (Å²) in [7, 11) is 1.75. The number of para-hydroxylation sites is 1. The van der Waals surface area contributed by atoms with Crippen LogP contribution in [-0.2, 0) is 11.3 Å². The minimum absolute atomic E-state index is 0.0785. The molecule has 3 heterocycles. The van der Waals surface area contributed by atoms with Crippen LogP contribution in [0.25, 0.3) is 11.0 Å². The summed E-state index contributed by atoms with van der Waals surface area (Å²) in [4.78, 5) is 6.72. The van der Waals surface area contributed by atoms with Crippen LogP contribution in [0.1, 0.15) is 29.7 Å². The van der Waals surface area contributed by atoms with Crippen molar-refractivity contribution in [1.82, 2.24) is 15.0 Å². The maximum absolute atomic E-state index is 5.65. The van der Waals surface area contributed by atoms with E-state index >= 15 is 0 Å². The fourth-order valence-electron chi connectivity index (χ4n) is 3.29. The zero-order valence-corrected chi connectivity index (χ0v) is 13.2. The third-order valence-electron chi connectivity index (χ3n) is 4.46. The fourth-order valence-corrected chi connectivity index (χ4v) is 3.29. The molecule has 2 atom stereocenters. The third kappa shape index (κ3) is 2.64. The van der Waals surface area contributed by atoms with Crippen molar-refractivity contribution in [2.75, 3.05) is 13.7 Å². The number of furan rings is 1. The molecular weight excluding hydrogens is 294 g/mol. The Balaban J connectivity index is 1.62. The van der Waals surface area contributed by atoms with E-state index in [9.17, 15) is 0 Å². The van der Waals surface area contributed by atoms with Crippen LogP contribution in [-0.4, -0.2) is 34.8 Å². The van der Waals surface area contributed by atoms with E-state index in [0.717, 1.165) is 30.5 Å². The number of nitrogens with zero attached hydrogens (tertiary/aromatic N) is 3. The van der Waals surface area contributed by atoms with Crippen molar-refractivity contribution < 1.29 is 13.7 Å². The highest BCUT2D eigenvalue weighted by molar-refractivity contribution is 5.80. The maximum atomic E-state index is 5.65. The molecule has 0 aliphatic carbocycles. The molecule has 4 rings (SSSR count). The van der Waals surface area contributed by atoms with E-state index in [4.69, 9.17) is 13.7 Å². The first-order valence-electron chi connectivity index (χ1n) is 7.76. The standard InChI is InChI=1S/C17H19N3O3/c1-11-18-17(23-19-11)15-7-13(21-2)9-20(15)8-12-10-22-16-6-4-3-5-14(12)16/h3-6,10,13,15H,7-9H2,1-2H3/t13-,15-/m1/s1. The smallest absolute Gasteiger partial charge is 0.244 e. The number of benzene rings is 1. The molecule has 3 aromatic rings. The van der Waals surface area contributed by atoms with Crippen molar-refractivity contribution in [3.05, 3.63) is 47.8 Å². The zero-order chi connectivity index (χ0) is 15.8. The number of methoxy groups -OCH3 is 1. The summed E-state index contributed by atoms with van der Waals surface area (Å²) >= 11 is 0. The second kappa shape index (κ2) is 5.79. The molecule has 1 saturated heterocycles. The number of aromatic nitrogens is 2. The highest BCUT2D eigenvalue weighted by Gasteiger charge is 2.37. The van der Waals surface area contributed by atoms with Gasteiger partial charge in [-0.15, -0.1) is 0 Å². The molecule has 0 saturated carbocycles. The van der Waals surface area contributed by atoms with E-state index < -0.39 is 0 Å². The number of fused-ring (bicyclic) bond motifs is 1. The Labute approximate surface area is 134 Å². The van der Waals surface area contributed by atoms with Crippen LogP contribution < -0.4 is 0 Å². The van der Waals surface area contributed by atoms with Crippen LogP contribution in [0.4, 0.5) is 0 Å². The summed E-state index contributed by atoms with van der Waals surface area (Å²) in [6.45, 7) is 3.44. The highest BCUT2D eigenvalue weighted by Crippen LogP contribution is 2.35. The molecule has 1 fully saturated rings. The van der Waals surface area contributed by atoms with E-state index in [1.807, 2.05) is 31.4 Å². The lowest BCUT2D eigenvalue weighted by molar-refractivity contribution is 0.107. The van der Waals surface area contributed by atoms with Crippen LogP contribution in [0.15, 0.2) is 39.5 Å². The molecule has 0 amide bonds. The molecule has 6 heteroatoms. The number of ether oxygens (including phenoxy) is 1. The average molecular weight is 313 g/mol. The Morgan fingerprint density at radius 3 is 3.00 bits per heavy atom. The predicted molar refractivity (Wildman–Crippen MR) is 83.8 cm³/mol. The molecule has 0 radical (unpaired) electrons. The van der Waals surface area contributed by atoms with Crippen LogP contribution in [0.5, 0.6) is 0 Å². The molecule has 1 aliphatic rings. The number of likely N-dealkylation sites (tertiary alicyclic amines) is 1. The van der Waals surface area contributed by atoms with Gasteiger partial charge in [-0.1, -0.05) is 23.4 Å². The number of rotatable bonds is 4. The van der Waals surface area contributed by atoms with E-state index in [1.54, 1.807) is 7.11 Å². The van der Waals surface area contributed by atoms with Crippen molar-refractivity contribution in [2.24, 2.45) is 0 Å². The summed E-state index contributed by atoms with van der Waals surface area (Å²) in [5, 5.41) is 5.07. The van der Waals surface area contributed by atoms with E-state index in [-0.39, 0.29) is 12.1 Å². The molecule has 1 aromatic carbocycles. The Bertz CT molecular complexity index is 810. The molecule has 0 spiro atoms. The first-order chi connectivity index (χ1) is 11.2. The summed E-state index contributed by atoms with van der Waals surface area (Å²) in [5.41, 5.74) is 2.08. The fraction of sp³-hybridized carbons (Fsp3) is 0.412. The van der Waals surface area contributed by atoms with Gasteiger partial charge >= 0.3 is 0 Å². The van der Waals surface area contributed by atoms with Gasteiger partial charge in [0.15, 0.2) is 5.82 Å². The highest BCUT2D eigenvalue weighted by atomic mass is 16.5. The largest absolute Gasteiger partial charge is 0.464 e. The van der Waals surface area contributed by atoms with Gasteiger partial charge in [0, 0.05) is 31.1 Å². The summed E-state index contributed by atoms with van der Waals surface area (Å²) in [5.74, 6) is 1.32. The molecule has 0 unspecified atom stereocenters. The van der Waals surface area contributed by atoms with Gasteiger partial charge in [0.1, 0.15) is 5.58 Å². The third-order valence-corrected chi connectivity index (χ3v) is 4.46. The monoisotopic (exact) mass is 313 g/mol. The Morgan fingerprint density at radius 1 is 1.35 bits per heavy atom. The Kier molecular flexibility index (Phi) is 3.63. The van der Waals surface area contributed by atoms with Crippen molar-refractivity contribution >= 4 is 11.0 Å². The summed E-state index contributed by atoms with van der Waals surface area (Å²) in [6.07, 6.45) is 2.86. The Hall–Kier alpha value is -2.18. The summed E-state index contributed by atoms with van der Waals surface area (Å²) in [6, 6.07) is 8.16. The minimum atomic E-state index is 0.0785. The van der Waals surface area contributed by atoms with Crippen molar-refractivity contribution in [3.63, 3.8) is 0 Å². The first kappa shape index (κ1) is 14.4. The lowest BCUT2D eigenvalue weighted by atomic mass is 10.1. The molecule has 0 bridgehead atoms. The molecular formula is C17H19N3O3. The van der Waals surface area contributed by atoms with Gasteiger partial charge in [-0.3, -0.25) is 4.90 Å². The van der Waals surface area contributed by atoms with Crippen LogP contribution in [0, 0.1) is 6.92 Å². The van der Waals surface area contributed by atoms with Gasteiger partial charge < -0.3 is 13.7 Å². The van der Waals surface area contributed by atoms with E-state index in [0.29, 0.717) is 11.7 Å². The van der Waals surface area contributed by atoms with Gasteiger partial charge in [0.05, 0.1) is 18.4 Å². The molecule has 1 aliphatic heterocycles. The van der Waals surface area contributed by atoms with E-state index in [1.165, 1.54) is 5.56 Å². The zero-order valence-electron chi connectivity index (χ0n) is 13.2. The lowest BCUT2D eigenvalue weighted by Gasteiger charge is -2.20. The van der Waals surface area contributed by atoms with Crippen LogP contribution in [0.3, 0.4) is 0 Å². The lowest BCUT2D eigenvalue weighted by Crippen LogP contribution is -2.24. The number of hydrogen-bond acceptors (Lipinski definition) is 6. The van der Waals surface area contributed by atoms with Gasteiger partial charge in [0.2, 0.25) is 5.89 Å². The second-order valence-electron chi connectivity index (χ2n) is 5.98. The first-order valence-corrected chi connectivity index (χ1v) is 7.76. The molecule has 6 nitrogen and oxygen atoms in total. The average Bonchev–Trinajstić information content (AvgIpc) is 3.27. The van der Waals surface area contributed by atoms with Gasteiger partial charge in [0.25, 0.3) is 0 Å². The molecule has 120 valence electrons. The van der Waals surface area contributed by atoms with Gasteiger partial charge in [-0.2, -0.15) is 4.98 Å². The van der Waals surface area contributed by atoms with Gasteiger partial charge in [-0.05, 0) is 19.4 Å². The normalized spacial score (nSPS) is 22.2. The summed E-state index contributed by atoms with van der Waals surface area (Å²) < 4.78 is 16.6. The topological polar surface area (TPSA) is 64.5 Å². The molecule has 0 N–H and O–H groups in total. The van der Waals surface area contributed by atoms with Gasteiger partial charge in [-0.25, -0.2) is 0 Å². The maximum Gasteiger partial charge on any atom is 0.244 e. The van der Waals surface area contributed by atoms with E-state index in [2.05, 4.69) is 21.1 Å². The number of aryl methyl sites for hydroxylation is 1. The Morgan fingerprint density at radius 2 is 2.22 bits per heavy atom. The molecule has 2 aromatic heterocycles. The second-order valence-corrected chi connectivity index (χ2v) is 5.98.